The van der Waals surface area contributed by atoms with E-state index in [1.54, 1.807) is 6.20 Å². The van der Waals surface area contributed by atoms with Crippen molar-refractivity contribution in [3.8, 4) is 0 Å². The highest BCUT2D eigenvalue weighted by molar-refractivity contribution is 7.08. The molecule has 0 unspecified atom stereocenters. The van der Waals surface area contributed by atoms with Gasteiger partial charge in [-0.25, -0.2) is 0 Å². The minimum absolute atomic E-state index is 0.0111. The van der Waals surface area contributed by atoms with Crippen molar-refractivity contribution in [1.82, 2.24) is 29.9 Å². The van der Waals surface area contributed by atoms with E-state index in [4.69, 9.17) is 0 Å². The first kappa shape index (κ1) is 15.1. The van der Waals surface area contributed by atoms with Gasteiger partial charge < -0.3 is 9.88 Å². The van der Waals surface area contributed by atoms with Crippen LogP contribution in [0.5, 0.6) is 0 Å². The van der Waals surface area contributed by atoms with E-state index in [0.29, 0.717) is 12.5 Å². The largest absolute Gasteiger partial charge is 0.349 e. The van der Waals surface area contributed by atoms with Crippen molar-refractivity contribution < 1.29 is 4.79 Å². The van der Waals surface area contributed by atoms with Crippen molar-refractivity contribution in [3.05, 3.63) is 52.5 Å². The van der Waals surface area contributed by atoms with Gasteiger partial charge in [0.25, 0.3) is 5.91 Å². The zero-order valence-electron chi connectivity index (χ0n) is 13.3. The number of thiophene rings is 1. The first-order valence-electron chi connectivity index (χ1n) is 7.89. The second kappa shape index (κ2) is 6.20. The third-order valence-corrected chi connectivity index (χ3v) is 5.17. The number of aromatic nitrogens is 5. The Morgan fingerprint density at radius 3 is 3.00 bits per heavy atom. The van der Waals surface area contributed by atoms with Crippen molar-refractivity contribution in [2.75, 3.05) is 0 Å². The van der Waals surface area contributed by atoms with E-state index < -0.39 is 0 Å². The summed E-state index contributed by atoms with van der Waals surface area (Å²) in [7, 11) is 1.99. The zero-order valence-corrected chi connectivity index (χ0v) is 14.1. The molecule has 124 valence electrons. The number of hydrogen-bond acceptors (Lipinski definition) is 5. The Labute approximate surface area is 143 Å². The lowest BCUT2D eigenvalue weighted by molar-refractivity contribution is 0.0907. The first-order chi connectivity index (χ1) is 11.7. The monoisotopic (exact) mass is 342 g/mol. The Hall–Kier alpha value is -2.48. The van der Waals surface area contributed by atoms with E-state index in [1.807, 2.05) is 45.4 Å². The molecule has 0 aromatic carbocycles. The SMILES string of the molecule is Cn1c(Cn2cccn2)nnc1C1CC(NC(=O)c2ccsc2)C1. The maximum absolute atomic E-state index is 12.1. The molecule has 0 saturated heterocycles. The van der Waals surface area contributed by atoms with Crippen LogP contribution in [0.1, 0.15) is 40.8 Å². The molecule has 1 saturated carbocycles. The molecule has 1 fully saturated rings. The second-order valence-corrected chi connectivity index (χ2v) is 6.87. The van der Waals surface area contributed by atoms with Gasteiger partial charge in [-0.05, 0) is 30.4 Å². The molecular weight excluding hydrogens is 324 g/mol. The summed E-state index contributed by atoms with van der Waals surface area (Å²) < 4.78 is 3.88. The van der Waals surface area contributed by atoms with Crippen LogP contribution in [0.15, 0.2) is 35.3 Å². The second-order valence-electron chi connectivity index (χ2n) is 6.09. The van der Waals surface area contributed by atoms with Crippen LogP contribution >= 0.6 is 11.3 Å². The van der Waals surface area contributed by atoms with Crippen LogP contribution in [0.2, 0.25) is 0 Å². The molecule has 0 radical (unpaired) electrons. The molecule has 24 heavy (non-hydrogen) atoms. The minimum atomic E-state index is 0.0111. The van der Waals surface area contributed by atoms with Gasteiger partial charge in [-0.3, -0.25) is 9.48 Å². The predicted molar refractivity (Wildman–Crippen MR) is 89.9 cm³/mol. The number of carbonyl (C=O) groups excluding carboxylic acids is 1. The van der Waals surface area contributed by atoms with Gasteiger partial charge in [-0.15, -0.1) is 10.2 Å². The van der Waals surface area contributed by atoms with Crippen LogP contribution in [0.3, 0.4) is 0 Å². The van der Waals surface area contributed by atoms with E-state index in [9.17, 15) is 4.79 Å². The third kappa shape index (κ3) is 2.84. The Bertz CT molecular complexity index is 817. The molecule has 3 heterocycles. The van der Waals surface area contributed by atoms with Gasteiger partial charge in [0.2, 0.25) is 0 Å². The topological polar surface area (TPSA) is 77.6 Å². The molecule has 4 rings (SSSR count). The van der Waals surface area contributed by atoms with Crippen LogP contribution in [0, 0.1) is 0 Å². The molecule has 3 aromatic rings. The van der Waals surface area contributed by atoms with Gasteiger partial charge >= 0.3 is 0 Å². The van der Waals surface area contributed by atoms with Gasteiger partial charge in [0.1, 0.15) is 12.4 Å². The number of nitrogens with one attached hydrogen (secondary N) is 1. The molecule has 0 bridgehead atoms. The molecule has 1 aliphatic carbocycles. The quantitative estimate of drug-likeness (QED) is 0.767. The average molecular weight is 342 g/mol. The predicted octanol–water partition coefficient (Wildman–Crippen LogP) is 1.80. The summed E-state index contributed by atoms with van der Waals surface area (Å²) in [6.07, 6.45) is 5.48. The fraction of sp³-hybridized carbons (Fsp3) is 0.375. The van der Waals surface area contributed by atoms with Crippen molar-refractivity contribution in [2.45, 2.75) is 31.3 Å². The summed E-state index contributed by atoms with van der Waals surface area (Å²) in [6.45, 7) is 0.613. The van der Waals surface area contributed by atoms with Crippen LogP contribution in [-0.4, -0.2) is 36.5 Å². The standard InChI is InChI=1S/C16H18N6OS/c1-21-14(9-22-5-2-4-17-22)19-20-15(21)12-7-13(8-12)18-16(23)11-3-6-24-10-11/h2-6,10,12-13H,7-9H2,1H3,(H,18,23). The Balaban J connectivity index is 1.35. The normalized spacial score (nSPS) is 19.9. The van der Waals surface area contributed by atoms with Gasteiger partial charge in [-0.1, -0.05) is 0 Å². The molecular formula is C16H18N6OS. The molecule has 0 aliphatic heterocycles. The number of nitrogens with zero attached hydrogens (tertiary/aromatic N) is 5. The number of rotatable bonds is 5. The van der Waals surface area contributed by atoms with E-state index in [0.717, 1.165) is 30.1 Å². The molecule has 1 aliphatic rings. The zero-order chi connectivity index (χ0) is 16.5. The van der Waals surface area contributed by atoms with E-state index in [2.05, 4.69) is 20.6 Å². The number of hydrogen-bond donors (Lipinski definition) is 1. The average Bonchev–Trinajstić information content (AvgIpc) is 3.27. The van der Waals surface area contributed by atoms with Crippen LogP contribution in [0.25, 0.3) is 0 Å². The summed E-state index contributed by atoms with van der Waals surface area (Å²) in [5.74, 6) is 2.23. The molecule has 7 nitrogen and oxygen atoms in total. The summed E-state index contributed by atoms with van der Waals surface area (Å²) in [5, 5.41) is 19.7. The van der Waals surface area contributed by atoms with Crippen LogP contribution < -0.4 is 5.32 Å². The Morgan fingerprint density at radius 2 is 2.29 bits per heavy atom. The molecule has 0 spiro atoms. The highest BCUT2D eigenvalue weighted by Gasteiger charge is 2.35. The molecule has 0 atom stereocenters. The van der Waals surface area contributed by atoms with Crippen molar-refractivity contribution in [3.63, 3.8) is 0 Å². The summed E-state index contributed by atoms with van der Waals surface area (Å²) in [6, 6.07) is 3.96. The van der Waals surface area contributed by atoms with Gasteiger partial charge in [0.15, 0.2) is 5.82 Å². The lowest BCUT2D eigenvalue weighted by Gasteiger charge is -2.35. The van der Waals surface area contributed by atoms with E-state index in [1.165, 1.54) is 11.3 Å². The highest BCUT2D eigenvalue weighted by Crippen LogP contribution is 2.36. The van der Waals surface area contributed by atoms with Crippen LogP contribution in [-0.2, 0) is 13.6 Å². The van der Waals surface area contributed by atoms with E-state index >= 15 is 0 Å². The van der Waals surface area contributed by atoms with Crippen molar-refractivity contribution in [2.24, 2.45) is 7.05 Å². The highest BCUT2D eigenvalue weighted by atomic mass is 32.1. The lowest BCUT2D eigenvalue weighted by Crippen LogP contribution is -2.43. The molecule has 1 N–H and O–H groups in total. The summed E-state index contributed by atoms with van der Waals surface area (Å²) >= 11 is 1.53. The maximum atomic E-state index is 12.1. The van der Waals surface area contributed by atoms with Crippen molar-refractivity contribution >= 4 is 17.2 Å². The smallest absolute Gasteiger partial charge is 0.252 e. The fourth-order valence-corrected chi connectivity index (χ4v) is 3.65. The lowest BCUT2D eigenvalue weighted by atomic mass is 9.79. The Kier molecular flexibility index (Phi) is 3.89. The Morgan fingerprint density at radius 1 is 1.42 bits per heavy atom. The van der Waals surface area contributed by atoms with Crippen LogP contribution in [0.4, 0.5) is 0 Å². The molecule has 3 aromatic heterocycles. The number of amides is 1. The fourth-order valence-electron chi connectivity index (χ4n) is 3.02. The summed E-state index contributed by atoms with van der Waals surface area (Å²) in [5.41, 5.74) is 0.739. The van der Waals surface area contributed by atoms with Gasteiger partial charge in [0, 0.05) is 42.3 Å². The van der Waals surface area contributed by atoms with Gasteiger partial charge in [-0.2, -0.15) is 16.4 Å². The summed E-state index contributed by atoms with van der Waals surface area (Å²) in [4.78, 5) is 12.1. The van der Waals surface area contributed by atoms with Gasteiger partial charge in [0.05, 0.1) is 0 Å². The molecule has 1 amide bonds. The first-order valence-corrected chi connectivity index (χ1v) is 8.83. The minimum Gasteiger partial charge on any atom is -0.349 e. The van der Waals surface area contributed by atoms with Crippen molar-refractivity contribution in [1.29, 1.82) is 0 Å². The third-order valence-electron chi connectivity index (χ3n) is 4.48. The molecule has 8 heteroatoms. The maximum Gasteiger partial charge on any atom is 0.252 e. The van der Waals surface area contributed by atoms with E-state index in [-0.39, 0.29) is 11.9 Å². The number of carbonyl (C=O) groups is 1.